The van der Waals surface area contributed by atoms with Gasteiger partial charge in [-0.2, -0.15) is 0 Å². The first-order chi connectivity index (χ1) is 10.7. The van der Waals surface area contributed by atoms with E-state index in [9.17, 15) is 9.59 Å². The molecule has 1 saturated carbocycles. The molecule has 124 valence electrons. The molecule has 4 heteroatoms. The molecule has 0 spiro atoms. The molecule has 0 aromatic carbocycles. The van der Waals surface area contributed by atoms with Crippen molar-refractivity contribution in [2.24, 2.45) is 5.41 Å². The normalized spacial score (nSPS) is 24.2. The van der Waals surface area contributed by atoms with Gasteiger partial charge in [-0.15, -0.1) is 0 Å². The number of likely N-dealkylation sites (tertiary alicyclic amines) is 2. The van der Waals surface area contributed by atoms with Crippen molar-refractivity contribution >= 4 is 11.8 Å². The van der Waals surface area contributed by atoms with Crippen molar-refractivity contribution in [1.82, 2.24) is 9.80 Å². The predicted octanol–water partition coefficient (Wildman–Crippen LogP) is 2.96. The molecule has 3 rings (SSSR count). The van der Waals surface area contributed by atoms with Gasteiger partial charge < -0.3 is 9.80 Å². The third-order valence-corrected chi connectivity index (χ3v) is 5.91. The van der Waals surface area contributed by atoms with Crippen LogP contribution in [0.25, 0.3) is 0 Å². The fraction of sp³-hybridized carbons (Fsp3) is 0.889. The van der Waals surface area contributed by atoms with E-state index in [1.54, 1.807) is 0 Å². The number of hydrogen-bond donors (Lipinski definition) is 0. The van der Waals surface area contributed by atoms with Crippen LogP contribution in [0.3, 0.4) is 0 Å². The fourth-order valence-corrected chi connectivity index (χ4v) is 4.58. The summed E-state index contributed by atoms with van der Waals surface area (Å²) in [7, 11) is 0. The Morgan fingerprint density at radius 1 is 0.773 bits per heavy atom. The molecule has 0 aromatic rings. The summed E-state index contributed by atoms with van der Waals surface area (Å²) in [4.78, 5) is 29.2. The van der Waals surface area contributed by atoms with E-state index in [0.29, 0.717) is 18.2 Å². The Hall–Kier alpha value is -1.06. The molecule has 0 aromatic heterocycles. The van der Waals surface area contributed by atoms with E-state index in [1.807, 2.05) is 4.90 Å². The molecule has 0 radical (unpaired) electrons. The van der Waals surface area contributed by atoms with Crippen LogP contribution in [0.15, 0.2) is 0 Å². The molecule has 2 saturated heterocycles. The van der Waals surface area contributed by atoms with E-state index < -0.39 is 0 Å². The minimum Gasteiger partial charge on any atom is -0.343 e. The van der Waals surface area contributed by atoms with E-state index in [4.69, 9.17) is 0 Å². The van der Waals surface area contributed by atoms with Gasteiger partial charge in [0.25, 0.3) is 0 Å². The highest BCUT2D eigenvalue weighted by Gasteiger charge is 2.43. The lowest BCUT2D eigenvalue weighted by Gasteiger charge is -2.32. The quantitative estimate of drug-likeness (QED) is 0.783. The van der Waals surface area contributed by atoms with Crippen LogP contribution in [0.2, 0.25) is 0 Å². The zero-order valence-corrected chi connectivity index (χ0v) is 13.8. The Morgan fingerprint density at radius 3 is 1.91 bits per heavy atom. The lowest BCUT2D eigenvalue weighted by molar-refractivity contribution is -0.142. The number of amides is 2. The van der Waals surface area contributed by atoms with E-state index >= 15 is 0 Å². The highest BCUT2D eigenvalue weighted by atomic mass is 16.2. The Balaban J connectivity index is 1.52. The van der Waals surface area contributed by atoms with Gasteiger partial charge in [0.2, 0.25) is 11.8 Å². The molecular formula is C18H30N2O2. The lowest BCUT2D eigenvalue weighted by atomic mass is 9.79. The molecule has 0 bridgehead atoms. The summed E-state index contributed by atoms with van der Waals surface area (Å²) in [6.45, 7) is 3.79. The average molecular weight is 306 g/mol. The number of rotatable bonds is 5. The van der Waals surface area contributed by atoms with E-state index in [-0.39, 0.29) is 5.41 Å². The topological polar surface area (TPSA) is 40.6 Å². The lowest BCUT2D eigenvalue weighted by Crippen LogP contribution is -2.41. The predicted molar refractivity (Wildman–Crippen MR) is 86.4 cm³/mol. The third-order valence-electron chi connectivity index (χ3n) is 5.91. The molecule has 2 heterocycles. The van der Waals surface area contributed by atoms with Crippen LogP contribution in [0.5, 0.6) is 0 Å². The zero-order chi connectivity index (χ0) is 15.4. The summed E-state index contributed by atoms with van der Waals surface area (Å²) < 4.78 is 0. The summed E-state index contributed by atoms with van der Waals surface area (Å²) in [6.07, 6.45) is 11.5. The maximum Gasteiger partial charge on any atom is 0.228 e. The van der Waals surface area contributed by atoms with Crippen molar-refractivity contribution in [2.45, 2.75) is 70.6 Å². The van der Waals surface area contributed by atoms with Crippen LogP contribution in [-0.2, 0) is 9.59 Å². The molecule has 2 amide bonds. The highest BCUT2D eigenvalue weighted by molar-refractivity contribution is 5.83. The van der Waals surface area contributed by atoms with Crippen LogP contribution in [0.1, 0.15) is 70.6 Å². The second kappa shape index (κ2) is 7.01. The minimum absolute atomic E-state index is 0.129. The van der Waals surface area contributed by atoms with Crippen LogP contribution in [-0.4, -0.2) is 47.8 Å². The summed E-state index contributed by atoms with van der Waals surface area (Å²) in [5, 5.41) is 0. The van der Waals surface area contributed by atoms with Gasteiger partial charge in [-0.3, -0.25) is 9.59 Å². The smallest absolute Gasteiger partial charge is 0.228 e. The first kappa shape index (κ1) is 15.8. The van der Waals surface area contributed by atoms with Gasteiger partial charge in [0, 0.05) is 38.0 Å². The first-order valence-corrected chi connectivity index (χ1v) is 9.28. The Morgan fingerprint density at radius 2 is 1.32 bits per heavy atom. The van der Waals surface area contributed by atoms with Crippen LogP contribution >= 0.6 is 0 Å². The second-order valence-corrected chi connectivity index (χ2v) is 7.43. The maximum atomic E-state index is 12.9. The van der Waals surface area contributed by atoms with Crippen LogP contribution in [0, 0.1) is 5.41 Å². The standard InChI is InChI=1S/C18H30N2O2/c21-16(19-12-3-4-13-19)8-7-11-18(9-1-2-10-18)17(22)20-14-5-6-15-20/h1-15H2. The summed E-state index contributed by atoms with van der Waals surface area (Å²) in [5.74, 6) is 0.704. The van der Waals surface area contributed by atoms with Gasteiger partial charge >= 0.3 is 0 Å². The van der Waals surface area contributed by atoms with E-state index in [0.717, 1.165) is 77.5 Å². The van der Waals surface area contributed by atoms with Gasteiger partial charge in [-0.1, -0.05) is 12.8 Å². The van der Waals surface area contributed by atoms with Crippen molar-refractivity contribution in [3.8, 4) is 0 Å². The molecule has 0 atom stereocenters. The Labute approximate surface area is 134 Å². The Kier molecular flexibility index (Phi) is 5.04. The summed E-state index contributed by atoms with van der Waals surface area (Å²) >= 11 is 0. The monoisotopic (exact) mass is 306 g/mol. The molecule has 2 aliphatic heterocycles. The molecule has 0 unspecified atom stereocenters. The van der Waals surface area contributed by atoms with Crippen LogP contribution < -0.4 is 0 Å². The molecule has 0 N–H and O–H groups in total. The van der Waals surface area contributed by atoms with Crippen molar-refractivity contribution in [2.75, 3.05) is 26.2 Å². The third kappa shape index (κ3) is 3.31. The Bertz CT molecular complexity index is 403. The van der Waals surface area contributed by atoms with Gasteiger partial charge in [0.1, 0.15) is 0 Å². The molecule has 3 aliphatic rings. The number of nitrogens with zero attached hydrogens (tertiary/aromatic N) is 2. The SMILES string of the molecule is O=C(CCCC1(C(=O)N2CCCC2)CCCC1)N1CCCC1. The largest absolute Gasteiger partial charge is 0.343 e. The van der Waals surface area contributed by atoms with Crippen molar-refractivity contribution in [3.05, 3.63) is 0 Å². The molecule has 1 aliphatic carbocycles. The number of carbonyl (C=O) groups excluding carboxylic acids is 2. The fourth-order valence-electron chi connectivity index (χ4n) is 4.58. The number of carbonyl (C=O) groups is 2. The van der Waals surface area contributed by atoms with E-state index in [1.165, 1.54) is 12.8 Å². The summed E-state index contributed by atoms with van der Waals surface area (Å²) in [6, 6.07) is 0. The minimum atomic E-state index is -0.129. The van der Waals surface area contributed by atoms with Crippen LogP contribution in [0.4, 0.5) is 0 Å². The van der Waals surface area contributed by atoms with Crippen molar-refractivity contribution < 1.29 is 9.59 Å². The first-order valence-electron chi connectivity index (χ1n) is 9.28. The zero-order valence-electron chi connectivity index (χ0n) is 13.8. The summed E-state index contributed by atoms with van der Waals surface area (Å²) in [5.41, 5.74) is -0.129. The highest BCUT2D eigenvalue weighted by Crippen LogP contribution is 2.44. The van der Waals surface area contributed by atoms with Gasteiger partial charge in [-0.05, 0) is 51.4 Å². The van der Waals surface area contributed by atoms with Gasteiger partial charge in [0.05, 0.1) is 0 Å². The van der Waals surface area contributed by atoms with E-state index in [2.05, 4.69) is 4.90 Å². The maximum absolute atomic E-state index is 12.9. The average Bonchev–Trinajstić information content (AvgIpc) is 3.27. The molecular weight excluding hydrogens is 276 g/mol. The van der Waals surface area contributed by atoms with Crippen molar-refractivity contribution in [1.29, 1.82) is 0 Å². The number of hydrogen-bond acceptors (Lipinski definition) is 2. The van der Waals surface area contributed by atoms with Gasteiger partial charge in [-0.25, -0.2) is 0 Å². The molecule has 22 heavy (non-hydrogen) atoms. The van der Waals surface area contributed by atoms with Crippen molar-refractivity contribution in [3.63, 3.8) is 0 Å². The molecule has 4 nitrogen and oxygen atoms in total. The second-order valence-electron chi connectivity index (χ2n) is 7.43. The molecule has 3 fully saturated rings. The van der Waals surface area contributed by atoms with Gasteiger partial charge in [0.15, 0.2) is 0 Å².